The summed E-state index contributed by atoms with van der Waals surface area (Å²) in [6.07, 6.45) is 1.77. The highest BCUT2D eigenvalue weighted by atomic mass is 15.1. The van der Waals surface area contributed by atoms with E-state index in [0.717, 1.165) is 51.5 Å². The third-order valence-corrected chi connectivity index (χ3v) is 5.04. The monoisotopic (exact) mass is 368 g/mol. The number of anilines is 1. The van der Waals surface area contributed by atoms with Crippen LogP contribution in [0.1, 0.15) is 6.92 Å². The van der Waals surface area contributed by atoms with E-state index in [0.29, 0.717) is 0 Å². The second kappa shape index (κ2) is 6.49. The Bertz CT molecular complexity index is 1270. The predicted molar refractivity (Wildman–Crippen MR) is 113 cm³/mol. The number of nitrogens with zero attached hydrogens (tertiary/aromatic N) is 4. The van der Waals surface area contributed by atoms with Crippen LogP contribution >= 0.6 is 0 Å². The van der Waals surface area contributed by atoms with Gasteiger partial charge in [0.05, 0.1) is 22.1 Å². The standard InChI is InChI=1S/C22H20N6/c1-3-28(2)15-8-10-17-20(13-15)26-21(24-17)14-7-9-16-19(12-14)27-22(25-16)18-6-4-5-11-23-18/h4-13H,3H2,1-2H3,(H,24,26)(H,25,27). The molecule has 138 valence electrons. The first-order valence-electron chi connectivity index (χ1n) is 9.34. The molecular weight excluding hydrogens is 348 g/mol. The highest BCUT2D eigenvalue weighted by Crippen LogP contribution is 2.27. The van der Waals surface area contributed by atoms with Crippen molar-refractivity contribution in [3.05, 3.63) is 60.8 Å². The Morgan fingerprint density at radius 3 is 2.39 bits per heavy atom. The van der Waals surface area contributed by atoms with Gasteiger partial charge >= 0.3 is 0 Å². The van der Waals surface area contributed by atoms with Crippen LogP contribution in [0.5, 0.6) is 0 Å². The zero-order chi connectivity index (χ0) is 19.1. The fourth-order valence-electron chi connectivity index (χ4n) is 3.34. The molecule has 0 unspecified atom stereocenters. The van der Waals surface area contributed by atoms with E-state index < -0.39 is 0 Å². The number of rotatable bonds is 4. The summed E-state index contributed by atoms with van der Waals surface area (Å²) in [4.78, 5) is 22.8. The Balaban J connectivity index is 1.55. The molecule has 0 spiro atoms. The Kier molecular flexibility index (Phi) is 3.83. The summed E-state index contributed by atoms with van der Waals surface area (Å²) < 4.78 is 0. The van der Waals surface area contributed by atoms with Gasteiger partial charge in [0.15, 0.2) is 5.82 Å². The highest BCUT2D eigenvalue weighted by Gasteiger charge is 2.11. The minimum absolute atomic E-state index is 0.768. The second-order valence-electron chi connectivity index (χ2n) is 6.83. The third kappa shape index (κ3) is 2.79. The van der Waals surface area contributed by atoms with Gasteiger partial charge in [-0.15, -0.1) is 0 Å². The third-order valence-electron chi connectivity index (χ3n) is 5.04. The van der Waals surface area contributed by atoms with Crippen LogP contribution < -0.4 is 4.90 Å². The zero-order valence-electron chi connectivity index (χ0n) is 15.8. The average Bonchev–Trinajstić information content (AvgIpc) is 3.36. The lowest BCUT2D eigenvalue weighted by Gasteiger charge is -2.16. The molecule has 0 aliphatic carbocycles. The quantitative estimate of drug-likeness (QED) is 0.485. The molecular formula is C22H20N6. The number of hydrogen-bond donors (Lipinski definition) is 2. The van der Waals surface area contributed by atoms with E-state index in [1.807, 2.05) is 30.3 Å². The van der Waals surface area contributed by atoms with E-state index in [9.17, 15) is 0 Å². The molecule has 6 heteroatoms. The van der Waals surface area contributed by atoms with Crippen molar-refractivity contribution < 1.29 is 0 Å². The maximum Gasteiger partial charge on any atom is 0.157 e. The molecule has 0 fully saturated rings. The molecule has 5 aromatic rings. The van der Waals surface area contributed by atoms with Crippen LogP contribution in [-0.4, -0.2) is 38.5 Å². The van der Waals surface area contributed by atoms with Gasteiger partial charge in [0.25, 0.3) is 0 Å². The van der Waals surface area contributed by atoms with E-state index in [1.54, 1.807) is 6.20 Å². The van der Waals surface area contributed by atoms with Crippen LogP contribution in [0, 0.1) is 0 Å². The lowest BCUT2D eigenvalue weighted by atomic mass is 10.2. The highest BCUT2D eigenvalue weighted by molar-refractivity contribution is 5.86. The largest absolute Gasteiger partial charge is 0.375 e. The molecule has 0 amide bonds. The van der Waals surface area contributed by atoms with Gasteiger partial charge in [0, 0.05) is 31.0 Å². The molecule has 28 heavy (non-hydrogen) atoms. The van der Waals surface area contributed by atoms with E-state index in [1.165, 1.54) is 5.69 Å². The van der Waals surface area contributed by atoms with Crippen molar-refractivity contribution in [2.24, 2.45) is 0 Å². The topological polar surface area (TPSA) is 73.5 Å². The van der Waals surface area contributed by atoms with Crippen molar-refractivity contribution in [1.82, 2.24) is 24.9 Å². The maximum atomic E-state index is 4.76. The fraction of sp³-hybridized carbons (Fsp3) is 0.136. The number of imidazole rings is 2. The molecule has 2 aromatic carbocycles. The summed E-state index contributed by atoms with van der Waals surface area (Å²) in [5, 5.41) is 0. The van der Waals surface area contributed by atoms with Crippen molar-refractivity contribution in [3.8, 4) is 22.9 Å². The summed E-state index contributed by atoms with van der Waals surface area (Å²) in [5.41, 5.74) is 6.89. The van der Waals surface area contributed by atoms with Crippen LogP contribution in [0.15, 0.2) is 60.8 Å². The van der Waals surface area contributed by atoms with Crippen LogP contribution in [0.3, 0.4) is 0 Å². The number of nitrogens with one attached hydrogen (secondary N) is 2. The number of benzene rings is 2. The zero-order valence-corrected chi connectivity index (χ0v) is 15.8. The van der Waals surface area contributed by atoms with Crippen molar-refractivity contribution in [2.75, 3.05) is 18.5 Å². The van der Waals surface area contributed by atoms with Crippen LogP contribution in [0.2, 0.25) is 0 Å². The van der Waals surface area contributed by atoms with Gasteiger partial charge in [0.2, 0.25) is 0 Å². The van der Waals surface area contributed by atoms with Gasteiger partial charge in [-0.3, -0.25) is 4.98 Å². The summed E-state index contributed by atoms with van der Waals surface area (Å²) in [5.74, 6) is 1.62. The number of aromatic nitrogens is 5. The van der Waals surface area contributed by atoms with Gasteiger partial charge in [0.1, 0.15) is 11.5 Å². The summed E-state index contributed by atoms with van der Waals surface area (Å²) in [7, 11) is 2.09. The van der Waals surface area contributed by atoms with Crippen molar-refractivity contribution in [3.63, 3.8) is 0 Å². The molecule has 0 aliphatic heterocycles. The van der Waals surface area contributed by atoms with Crippen molar-refractivity contribution in [2.45, 2.75) is 6.92 Å². The van der Waals surface area contributed by atoms with Gasteiger partial charge in [-0.1, -0.05) is 6.07 Å². The number of fused-ring (bicyclic) bond motifs is 2. The first-order valence-corrected chi connectivity index (χ1v) is 9.34. The van der Waals surface area contributed by atoms with E-state index in [-0.39, 0.29) is 0 Å². The summed E-state index contributed by atoms with van der Waals surface area (Å²) >= 11 is 0. The van der Waals surface area contributed by atoms with Crippen molar-refractivity contribution in [1.29, 1.82) is 0 Å². The minimum Gasteiger partial charge on any atom is -0.375 e. The number of aromatic amines is 2. The smallest absolute Gasteiger partial charge is 0.157 e. The molecule has 0 radical (unpaired) electrons. The Labute approximate surface area is 162 Å². The van der Waals surface area contributed by atoms with E-state index in [4.69, 9.17) is 4.98 Å². The molecule has 0 saturated heterocycles. The Morgan fingerprint density at radius 2 is 1.61 bits per heavy atom. The molecule has 0 aliphatic rings. The molecule has 3 aromatic heterocycles. The normalized spacial score (nSPS) is 11.4. The molecule has 0 atom stereocenters. The molecule has 6 nitrogen and oxygen atoms in total. The lowest BCUT2D eigenvalue weighted by Crippen LogP contribution is -2.15. The minimum atomic E-state index is 0.768. The van der Waals surface area contributed by atoms with Crippen molar-refractivity contribution >= 4 is 27.8 Å². The molecule has 2 N–H and O–H groups in total. The molecule has 0 bridgehead atoms. The Hall–Kier alpha value is -3.67. The molecule has 3 heterocycles. The number of H-pyrrole nitrogens is 2. The molecule has 0 saturated carbocycles. The predicted octanol–water partition coefficient (Wildman–Crippen LogP) is 4.62. The van der Waals surface area contributed by atoms with Crippen LogP contribution in [0.4, 0.5) is 5.69 Å². The van der Waals surface area contributed by atoms with E-state index in [2.05, 4.69) is 63.1 Å². The van der Waals surface area contributed by atoms with Crippen LogP contribution in [0.25, 0.3) is 45.0 Å². The summed E-state index contributed by atoms with van der Waals surface area (Å²) in [6, 6.07) is 18.2. The summed E-state index contributed by atoms with van der Waals surface area (Å²) in [6.45, 7) is 3.10. The van der Waals surface area contributed by atoms with Gasteiger partial charge in [-0.05, 0) is 55.5 Å². The van der Waals surface area contributed by atoms with Gasteiger partial charge in [-0.25, -0.2) is 9.97 Å². The average molecular weight is 368 g/mol. The molecule has 5 rings (SSSR count). The van der Waals surface area contributed by atoms with E-state index >= 15 is 0 Å². The maximum absolute atomic E-state index is 4.76. The first-order chi connectivity index (χ1) is 13.7. The van der Waals surface area contributed by atoms with Gasteiger partial charge in [-0.2, -0.15) is 0 Å². The second-order valence-corrected chi connectivity index (χ2v) is 6.83. The van der Waals surface area contributed by atoms with Crippen LogP contribution in [-0.2, 0) is 0 Å². The van der Waals surface area contributed by atoms with Gasteiger partial charge < -0.3 is 14.9 Å². The number of pyridine rings is 1. The first kappa shape index (κ1) is 16.5. The fourth-order valence-corrected chi connectivity index (χ4v) is 3.34. The lowest BCUT2D eigenvalue weighted by molar-refractivity contribution is 0.969. The SMILES string of the molecule is CCN(C)c1ccc2nc(-c3ccc4nc(-c5ccccn5)[nH]c4c3)[nH]c2c1. The number of hydrogen-bond acceptors (Lipinski definition) is 4. The Morgan fingerprint density at radius 1 is 0.857 bits per heavy atom.